The summed E-state index contributed by atoms with van der Waals surface area (Å²) < 4.78 is 0. The highest BCUT2D eigenvalue weighted by Gasteiger charge is 2.48. The van der Waals surface area contributed by atoms with Gasteiger partial charge in [-0.25, -0.2) is 0 Å². The highest BCUT2D eigenvalue weighted by atomic mass is 16.2. The molecule has 6 heteroatoms. The highest BCUT2D eigenvalue weighted by molar-refractivity contribution is 5.86. The Labute approximate surface area is 101 Å². The predicted molar refractivity (Wildman–Crippen MR) is 65.0 cm³/mol. The average Bonchev–Trinajstić information content (AvgIpc) is 3.08. The SMILES string of the molecule is CNC(CCC(NC)(C(N)=O)C1CC1)C(N)=O. The van der Waals surface area contributed by atoms with Gasteiger partial charge in [-0.05, 0) is 45.7 Å². The van der Waals surface area contributed by atoms with Crippen LogP contribution in [0.5, 0.6) is 0 Å². The van der Waals surface area contributed by atoms with Crippen LogP contribution in [0.1, 0.15) is 25.7 Å². The van der Waals surface area contributed by atoms with Gasteiger partial charge in [-0.1, -0.05) is 0 Å². The Bertz CT molecular complexity index is 304. The molecule has 0 aliphatic heterocycles. The Morgan fingerprint density at radius 2 is 1.94 bits per heavy atom. The topological polar surface area (TPSA) is 110 Å². The molecule has 2 amide bonds. The van der Waals surface area contributed by atoms with Gasteiger partial charge in [0, 0.05) is 0 Å². The molecule has 0 saturated heterocycles. The number of hydrogen-bond acceptors (Lipinski definition) is 4. The minimum absolute atomic E-state index is 0.287. The largest absolute Gasteiger partial charge is 0.368 e. The molecule has 0 bridgehead atoms. The first-order valence-electron chi connectivity index (χ1n) is 5.93. The Kier molecular flexibility index (Phi) is 4.47. The van der Waals surface area contributed by atoms with E-state index in [0.717, 1.165) is 12.8 Å². The number of hydrogen-bond donors (Lipinski definition) is 4. The summed E-state index contributed by atoms with van der Waals surface area (Å²) in [6, 6.07) is -0.416. The summed E-state index contributed by atoms with van der Waals surface area (Å²) in [5, 5.41) is 5.88. The van der Waals surface area contributed by atoms with E-state index in [0.29, 0.717) is 12.8 Å². The van der Waals surface area contributed by atoms with E-state index in [-0.39, 0.29) is 11.8 Å². The third-order valence-corrected chi connectivity index (χ3v) is 3.68. The fraction of sp³-hybridized carbons (Fsp3) is 0.818. The van der Waals surface area contributed by atoms with Crippen LogP contribution >= 0.6 is 0 Å². The second-order valence-corrected chi connectivity index (χ2v) is 4.64. The molecule has 1 fully saturated rings. The second-order valence-electron chi connectivity index (χ2n) is 4.64. The van der Waals surface area contributed by atoms with Crippen molar-refractivity contribution in [2.24, 2.45) is 17.4 Å². The maximum absolute atomic E-state index is 11.6. The van der Waals surface area contributed by atoms with Crippen LogP contribution in [-0.4, -0.2) is 37.5 Å². The van der Waals surface area contributed by atoms with Crippen LogP contribution in [-0.2, 0) is 9.59 Å². The molecule has 1 rings (SSSR count). The monoisotopic (exact) mass is 242 g/mol. The van der Waals surface area contributed by atoms with E-state index in [1.165, 1.54) is 0 Å². The molecule has 0 spiro atoms. The van der Waals surface area contributed by atoms with Crippen LogP contribution < -0.4 is 22.1 Å². The predicted octanol–water partition coefficient (Wildman–Crippen LogP) is -1.31. The number of amides is 2. The lowest BCUT2D eigenvalue weighted by molar-refractivity contribution is -0.126. The van der Waals surface area contributed by atoms with Gasteiger partial charge in [0.05, 0.1) is 6.04 Å². The summed E-state index contributed by atoms with van der Waals surface area (Å²) in [5.41, 5.74) is 10.0. The fourth-order valence-corrected chi connectivity index (χ4v) is 2.36. The van der Waals surface area contributed by atoms with Gasteiger partial charge >= 0.3 is 0 Å². The number of nitrogens with one attached hydrogen (secondary N) is 2. The molecule has 0 aromatic rings. The Balaban J connectivity index is 2.67. The van der Waals surface area contributed by atoms with E-state index in [4.69, 9.17) is 11.5 Å². The summed E-state index contributed by atoms with van der Waals surface area (Å²) in [5.74, 6) is -0.463. The number of likely N-dealkylation sites (N-methyl/N-ethyl adjacent to an activating group) is 2. The molecule has 6 N–H and O–H groups in total. The quantitative estimate of drug-likeness (QED) is 0.423. The molecule has 0 radical (unpaired) electrons. The zero-order valence-electron chi connectivity index (χ0n) is 10.5. The van der Waals surface area contributed by atoms with Crippen LogP contribution in [0.25, 0.3) is 0 Å². The Hall–Kier alpha value is -1.14. The lowest BCUT2D eigenvalue weighted by Crippen LogP contribution is -2.56. The van der Waals surface area contributed by atoms with E-state index >= 15 is 0 Å². The maximum Gasteiger partial charge on any atom is 0.238 e. The van der Waals surface area contributed by atoms with Crippen molar-refractivity contribution in [3.05, 3.63) is 0 Å². The third kappa shape index (κ3) is 2.95. The van der Waals surface area contributed by atoms with E-state index in [9.17, 15) is 9.59 Å². The van der Waals surface area contributed by atoms with E-state index < -0.39 is 17.5 Å². The van der Waals surface area contributed by atoms with Gasteiger partial charge < -0.3 is 22.1 Å². The van der Waals surface area contributed by atoms with Crippen LogP contribution in [0.2, 0.25) is 0 Å². The molecular weight excluding hydrogens is 220 g/mol. The lowest BCUT2D eigenvalue weighted by Gasteiger charge is -2.31. The van der Waals surface area contributed by atoms with Gasteiger partial charge in [0.2, 0.25) is 11.8 Å². The average molecular weight is 242 g/mol. The van der Waals surface area contributed by atoms with Crippen LogP contribution in [0, 0.1) is 5.92 Å². The standard InChI is InChI=1S/C11H22N4O2/c1-14-8(9(12)16)5-6-11(15-2,10(13)17)7-3-4-7/h7-8,14-15H,3-6H2,1-2H3,(H2,12,16)(H2,13,17). The van der Waals surface area contributed by atoms with Gasteiger partial charge in [-0.3, -0.25) is 9.59 Å². The zero-order chi connectivity index (χ0) is 13.1. The van der Waals surface area contributed by atoms with Gasteiger partial charge in [-0.15, -0.1) is 0 Å². The number of carbonyl (C=O) groups is 2. The molecular formula is C11H22N4O2. The molecule has 6 nitrogen and oxygen atoms in total. The van der Waals surface area contributed by atoms with Crippen LogP contribution in [0.4, 0.5) is 0 Å². The maximum atomic E-state index is 11.6. The van der Waals surface area contributed by atoms with Crippen LogP contribution in [0.15, 0.2) is 0 Å². The molecule has 1 aliphatic rings. The molecule has 2 atom stereocenters. The van der Waals surface area contributed by atoms with Gasteiger partial charge in [0.15, 0.2) is 0 Å². The first-order valence-corrected chi connectivity index (χ1v) is 5.93. The molecule has 98 valence electrons. The van der Waals surface area contributed by atoms with Crippen molar-refractivity contribution in [1.82, 2.24) is 10.6 Å². The van der Waals surface area contributed by atoms with Gasteiger partial charge in [0.25, 0.3) is 0 Å². The van der Waals surface area contributed by atoms with E-state index in [1.54, 1.807) is 14.1 Å². The van der Waals surface area contributed by atoms with Gasteiger partial charge in [-0.2, -0.15) is 0 Å². The van der Waals surface area contributed by atoms with E-state index in [2.05, 4.69) is 10.6 Å². The molecule has 1 saturated carbocycles. The summed E-state index contributed by atoms with van der Waals surface area (Å²) in [6.45, 7) is 0. The minimum Gasteiger partial charge on any atom is -0.368 e. The molecule has 2 unspecified atom stereocenters. The van der Waals surface area contributed by atoms with Gasteiger partial charge in [0.1, 0.15) is 5.54 Å². The normalized spacial score (nSPS) is 20.6. The van der Waals surface area contributed by atoms with Crippen molar-refractivity contribution in [1.29, 1.82) is 0 Å². The molecule has 0 aromatic carbocycles. The number of carbonyl (C=O) groups excluding carboxylic acids is 2. The summed E-state index contributed by atoms with van der Waals surface area (Å²) >= 11 is 0. The highest BCUT2D eigenvalue weighted by Crippen LogP contribution is 2.42. The van der Waals surface area contributed by atoms with Crippen molar-refractivity contribution < 1.29 is 9.59 Å². The summed E-state index contributed by atoms with van der Waals surface area (Å²) in [7, 11) is 3.42. The fourth-order valence-electron chi connectivity index (χ4n) is 2.36. The molecule has 0 heterocycles. The Morgan fingerprint density at radius 1 is 1.35 bits per heavy atom. The van der Waals surface area contributed by atoms with Crippen molar-refractivity contribution in [3.8, 4) is 0 Å². The first-order chi connectivity index (χ1) is 7.97. The summed E-state index contributed by atoms with van der Waals surface area (Å²) in [4.78, 5) is 22.7. The van der Waals surface area contributed by atoms with Crippen molar-refractivity contribution >= 4 is 11.8 Å². The molecule has 17 heavy (non-hydrogen) atoms. The smallest absolute Gasteiger partial charge is 0.238 e. The van der Waals surface area contributed by atoms with Crippen LogP contribution in [0.3, 0.4) is 0 Å². The molecule has 0 aromatic heterocycles. The lowest BCUT2D eigenvalue weighted by atomic mass is 9.85. The third-order valence-electron chi connectivity index (χ3n) is 3.68. The van der Waals surface area contributed by atoms with Crippen molar-refractivity contribution in [2.75, 3.05) is 14.1 Å². The number of nitrogens with two attached hydrogens (primary N) is 2. The zero-order valence-corrected chi connectivity index (χ0v) is 10.5. The number of rotatable bonds is 8. The Morgan fingerprint density at radius 3 is 2.24 bits per heavy atom. The van der Waals surface area contributed by atoms with Crippen molar-refractivity contribution in [2.45, 2.75) is 37.3 Å². The number of primary amides is 2. The minimum atomic E-state index is -0.690. The summed E-state index contributed by atoms with van der Waals surface area (Å²) in [6.07, 6.45) is 3.04. The molecule has 1 aliphatic carbocycles. The van der Waals surface area contributed by atoms with Crippen molar-refractivity contribution in [3.63, 3.8) is 0 Å². The first kappa shape index (κ1) is 13.9. The van der Waals surface area contributed by atoms with E-state index in [1.807, 2.05) is 0 Å². The second kappa shape index (κ2) is 5.46.